The lowest BCUT2D eigenvalue weighted by molar-refractivity contribution is -0.129. The molecule has 13 nitrogen and oxygen atoms in total. The molecule has 0 radical (unpaired) electrons. The summed E-state index contributed by atoms with van der Waals surface area (Å²) >= 11 is 7.10. The number of anilines is 2. The third kappa shape index (κ3) is 8.89. The number of nitrogens with zero attached hydrogens (tertiary/aromatic N) is 3. The van der Waals surface area contributed by atoms with Gasteiger partial charge in [-0.15, -0.1) is 11.3 Å². The summed E-state index contributed by atoms with van der Waals surface area (Å²) in [6.07, 6.45) is -0.223. The molecular formula is C33H36ClN5O8S. The summed E-state index contributed by atoms with van der Waals surface area (Å²) in [5, 5.41) is 12.2. The number of benzene rings is 2. The molecule has 2 saturated heterocycles. The Labute approximate surface area is 286 Å². The number of phenolic OH excluding ortho intramolecular Hbond substituents is 1. The lowest BCUT2D eigenvalue weighted by Gasteiger charge is -2.27. The number of phenols is 1. The number of halogens is 1. The first-order valence-electron chi connectivity index (χ1n) is 15.5. The van der Waals surface area contributed by atoms with E-state index in [-0.39, 0.29) is 55.1 Å². The Morgan fingerprint density at radius 2 is 1.73 bits per heavy atom. The van der Waals surface area contributed by atoms with Crippen LogP contribution in [0.2, 0.25) is 4.34 Å². The first-order chi connectivity index (χ1) is 23.1. The fraction of sp³-hybridized carbons (Fsp3) is 0.364. The number of thiophene rings is 1. The summed E-state index contributed by atoms with van der Waals surface area (Å²) in [7, 11) is 0. The molecule has 5 rings (SSSR count). The smallest absolute Gasteiger partial charge is 0.414 e. The van der Waals surface area contributed by atoms with Gasteiger partial charge in [-0.05, 0) is 73.4 Å². The maximum atomic E-state index is 13.4. The van der Waals surface area contributed by atoms with Crippen molar-refractivity contribution in [3.05, 3.63) is 75.4 Å². The van der Waals surface area contributed by atoms with Crippen molar-refractivity contribution in [2.75, 3.05) is 49.2 Å². The predicted octanol–water partition coefficient (Wildman–Crippen LogP) is 3.32. The first kappa shape index (κ1) is 34.8. The van der Waals surface area contributed by atoms with Crippen LogP contribution in [0.25, 0.3) is 0 Å². The van der Waals surface area contributed by atoms with Crippen LogP contribution in [0, 0.1) is 0 Å². The fourth-order valence-corrected chi connectivity index (χ4v) is 6.34. The number of morpholine rings is 1. The molecule has 1 aromatic heterocycles. The molecular weight excluding hydrogens is 662 g/mol. The van der Waals surface area contributed by atoms with Gasteiger partial charge in [-0.1, -0.05) is 23.7 Å². The van der Waals surface area contributed by atoms with Crippen molar-refractivity contribution in [2.45, 2.75) is 37.8 Å². The van der Waals surface area contributed by atoms with Crippen LogP contribution in [-0.4, -0.2) is 91.3 Å². The molecule has 5 amide bonds. The topological polar surface area (TPSA) is 172 Å². The number of amides is 5. The summed E-state index contributed by atoms with van der Waals surface area (Å²) in [5.74, 6) is -1.35. The zero-order valence-electron chi connectivity index (χ0n) is 26.0. The van der Waals surface area contributed by atoms with Gasteiger partial charge in [0.15, 0.2) is 0 Å². The zero-order chi connectivity index (χ0) is 34.2. The Morgan fingerprint density at radius 1 is 1.02 bits per heavy atom. The minimum absolute atomic E-state index is 0.0157. The van der Waals surface area contributed by atoms with Crippen molar-refractivity contribution in [2.24, 2.45) is 5.73 Å². The number of imide groups is 1. The van der Waals surface area contributed by atoms with Gasteiger partial charge >= 0.3 is 6.09 Å². The van der Waals surface area contributed by atoms with Crippen molar-refractivity contribution >= 4 is 64.0 Å². The molecule has 15 heteroatoms. The van der Waals surface area contributed by atoms with Crippen LogP contribution in [0.15, 0.2) is 60.7 Å². The normalized spacial score (nSPS) is 16.8. The second-order valence-corrected chi connectivity index (χ2v) is 13.1. The summed E-state index contributed by atoms with van der Waals surface area (Å²) < 4.78 is 11.1. The van der Waals surface area contributed by atoms with Crippen LogP contribution in [-0.2, 0) is 30.3 Å². The zero-order valence-corrected chi connectivity index (χ0v) is 27.6. The largest absolute Gasteiger partial charge is 0.508 e. The van der Waals surface area contributed by atoms with E-state index in [0.717, 1.165) is 21.8 Å². The first-order valence-corrected chi connectivity index (χ1v) is 16.7. The van der Waals surface area contributed by atoms with Crippen molar-refractivity contribution in [3.63, 3.8) is 0 Å². The SMILES string of the molecule is N[C@@H](Cc1ccc(O)cc1)C(=O)NCCCCC(=O)N(C[C@H]1CN(c2ccc(N3CCOCC3=O)cc2)C(=O)O1)C(=O)c1ccc(Cl)s1. The number of hydrogen-bond acceptors (Lipinski definition) is 10. The van der Waals surface area contributed by atoms with Gasteiger partial charge in [-0.25, -0.2) is 4.79 Å². The Kier molecular flexibility index (Phi) is 11.7. The molecule has 0 aliphatic carbocycles. The number of rotatable bonds is 13. The van der Waals surface area contributed by atoms with Gasteiger partial charge in [-0.2, -0.15) is 0 Å². The van der Waals surface area contributed by atoms with E-state index in [1.54, 1.807) is 53.4 Å². The van der Waals surface area contributed by atoms with Gasteiger partial charge < -0.3 is 30.5 Å². The van der Waals surface area contributed by atoms with Gasteiger partial charge in [-0.3, -0.25) is 29.0 Å². The Morgan fingerprint density at radius 3 is 2.40 bits per heavy atom. The molecule has 0 saturated carbocycles. The molecule has 48 heavy (non-hydrogen) atoms. The lowest BCUT2D eigenvalue weighted by Crippen LogP contribution is -2.43. The van der Waals surface area contributed by atoms with Gasteiger partial charge in [0.05, 0.1) is 35.0 Å². The van der Waals surface area contributed by atoms with Crippen LogP contribution in [0.3, 0.4) is 0 Å². The number of carbonyl (C=O) groups is 5. The molecule has 3 heterocycles. The van der Waals surface area contributed by atoms with Gasteiger partial charge in [0.25, 0.3) is 11.8 Å². The number of nitrogens with one attached hydrogen (secondary N) is 1. The van der Waals surface area contributed by atoms with Crippen molar-refractivity contribution in [3.8, 4) is 5.75 Å². The highest BCUT2D eigenvalue weighted by molar-refractivity contribution is 7.18. The number of cyclic esters (lactones) is 1. The van der Waals surface area contributed by atoms with Crippen molar-refractivity contribution in [1.82, 2.24) is 10.2 Å². The highest BCUT2D eigenvalue weighted by Gasteiger charge is 2.36. The quantitative estimate of drug-likeness (QED) is 0.227. The third-order valence-corrected chi connectivity index (χ3v) is 9.11. The number of nitrogens with two attached hydrogens (primary N) is 1. The molecule has 3 aromatic rings. The molecule has 2 atom stereocenters. The van der Waals surface area contributed by atoms with Crippen LogP contribution in [0.4, 0.5) is 16.2 Å². The molecule has 0 unspecified atom stereocenters. The minimum atomic E-state index is -0.782. The maximum absolute atomic E-state index is 13.4. The molecule has 2 aliphatic rings. The predicted molar refractivity (Wildman–Crippen MR) is 179 cm³/mol. The highest BCUT2D eigenvalue weighted by Crippen LogP contribution is 2.28. The van der Waals surface area contributed by atoms with E-state index in [4.69, 9.17) is 26.8 Å². The molecule has 2 fully saturated rings. The Hall–Kier alpha value is -4.50. The Bertz CT molecular complexity index is 1630. The van der Waals surface area contributed by atoms with E-state index < -0.39 is 30.1 Å². The molecule has 0 spiro atoms. The number of ether oxygens (including phenoxy) is 2. The molecule has 4 N–H and O–H groups in total. The minimum Gasteiger partial charge on any atom is -0.508 e. The van der Waals surface area contributed by atoms with Crippen LogP contribution < -0.4 is 20.9 Å². The lowest BCUT2D eigenvalue weighted by atomic mass is 10.1. The van der Waals surface area contributed by atoms with Crippen molar-refractivity contribution < 1.29 is 38.6 Å². The van der Waals surface area contributed by atoms with Crippen molar-refractivity contribution in [1.29, 1.82) is 0 Å². The second-order valence-electron chi connectivity index (χ2n) is 11.4. The highest BCUT2D eigenvalue weighted by atomic mass is 35.5. The van der Waals surface area contributed by atoms with Gasteiger partial charge in [0, 0.05) is 30.9 Å². The van der Waals surface area contributed by atoms with E-state index in [9.17, 15) is 29.1 Å². The van der Waals surface area contributed by atoms with E-state index in [1.165, 1.54) is 17.0 Å². The number of hydrogen-bond donors (Lipinski definition) is 3. The average molecular weight is 698 g/mol. The molecule has 254 valence electrons. The third-order valence-electron chi connectivity index (χ3n) is 7.89. The number of carbonyl (C=O) groups excluding carboxylic acids is 5. The summed E-state index contributed by atoms with van der Waals surface area (Å²) in [6, 6.07) is 15.7. The van der Waals surface area contributed by atoms with Crippen LogP contribution >= 0.6 is 22.9 Å². The summed E-state index contributed by atoms with van der Waals surface area (Å²) in [6.45, 7) is 1.13. The average Bonchev–Trinajstić information content (AvgIpc) is 3.69. The van der Waals surface area contributed by atoms with Gasteiger partial charge in [0.2, 0.25) is 11.8 Å². The Balaban J connectivity index is 1.14. The summed E-state index contributed by atoms with van der Waals surface area (Å²) in [5.41, 5.74) is 8.06. The standard InChI is InChI=1S/C33H36ClN5O8S/c34-28-13-12-27(48-28)32(44)39(29(41)3-1-2-14-36-31(43)26(35)17-21-4-10-24(40)11-5-21)19-25-18-38(33(45)47-25)23-8-6-22(7-9-23)37-15-16-46-20-30(37)42/h4-13,25-26,40H,1-3,14-20,35H2,(H,36,43)/t25-,26+/m1/s1. The second kappa shape index (κ2) is 16.1. The van der Waals surface area contributed by atoms with Gasteiger partial charge in [0.1, 0.15) is 18.5 Å². The molecule has 0 bridgehead atoms. The van der Waals surface area contributed by atoms with E-state index in [1.807, 2.05) is 0 Å². The molecule has 2 aliphatic heterocycles. The maximum Gasteiger partial charge on any atom is 0.414 e. The number of unbranched alkanes of at least 4 members (excludes halogenated alkanes) is 1. The van der Waals surface area contributed by atoms with E-state index in [0.29, 0.717) is 48.1 Å². The summed E-state index contributed by atoms with van der Waals surface area (Å²) in [4.78, 5) is 68.7. The fourth-order valence-electron chi connectivity index (χ4n) is 5.35. The van der Waals surface area contributed by atoms with Crippen LogP contribution in [0.1, 0.15) is 34.5 Å². The monoisotopic (exact) mass is 697 g/mol. The number of aromatic hydroxyl groups is 1. The van der Waals surface area contributed by atoms with E-state index in [2.05, 4.69) is 5.32 Å². The van der Waals surface area contributed by atoms with Crippen LogP contribution in [0.5, 0.6) is 5.75 Å². The van der Waals surface area contributed by atoms with E-state index >= 15 is 0 Å². The molecule has 2 aromatic carbocycles.